The van der Waals surface area contributed by atoms with Crippen LogP contribution in [0.25, 0.3) is 5.69 Å². The molecule has 0 radical (unpaired) electrons. The van der Waals surface area contributed by atoms with Crippen LogP contribution >= 0.6 is 0 Å². The van der Waals surface area contributed by atoms with E-state index in [4.69, 9.17) is 5.73 Å². The number of carbonyl (C=O) groups is 1. The summed E-state index contributed by atoms with van der Waals surface area (Å²) in [6, 6.07) is 14.3. The van der Waals surface area contributed by atoms with Crippen molar-refractivity contribution >= 4 is 17.3 Å². The molecular weight excluding hydrogens is 332 g/mol. The van der Waals surface area contributed by atoms with E-state index in [-0.39, 0.29) is 11.6 Å². The number of nitrogens with zero attached hydrogens (tertiary/aromatic N) is 3. The van der Waals surface area contributed by atoms with E-state index in [0.29, 0.717) is 35.3 Å². The van der Waals surface area contributed by atoms with Crippen molar-refractivity contribution in [1.82, 2.24) is 9.78 Å². The molecule has 0 saturated carbocycles. The predicted molar refractivity (Wildman–Crippen MR) is 96.5 cm³/mol. The lowest BCUT2D eigenvalue weighted by molar-refractivity contribution is -0.390. The number of nitrogen functional groups attached to an aromatic ring is 1. The van der Waals surface area contributed by atoms with Crippen LogP contribution in [-0.4, -0.2) is 20.5 Å². The second-order valence-electron chi connectivity index (χ2n) is 6.32. The van der Waals surface area contributed by atoms with Gasteiger partial charge in [0.25, 0.3) is 0 Å². The lowest BCUT2D eigenvalue weighted by Crippen LogP contribution is -2.21. The van der Waals surface area contributed by atoms with E-state index in [2.05, 4.69) is 5.10 Å². The number of ketones is 1. The molecule has 1 aliphatic carbocycles. The molecule has 4 rings (SSSR count). The molecule has 0 aliphatic heterocycles. The average Bonchev–Trinajstić information content (AvgIpc) is 3.08. The molecule has 2 aromatic carbocycles. The Kier molecular flexibility index (Phi) is 3.76. The van der Waals surface area contributed by atoms with Gasteiger partial charge in [0.1, 0.15) is 0 Å². The third-order valence-corrected chi connectivity index (χ3v) is 4.71. The maximum atomic E-state index is 12.9. The largest absolute Gasteiger partial charge is 0.399 e. The van der Waals surface area contributed by atoms with E-state index < -0.39 is 10.8 Å². The molecule has 0 bridgehead atoms. The molecule has 7 nitrogen and oxygen atoms in total. The van der Waals surface area contributed by atoms with Crippen LogP contribution in [0.2, 0.25) is 0 Å². The summed E-state index contributed by atoms with van der Waals surface area (Å²) >= 11 is 0. The number of hydrogen-bond donors (Lipinski definition) is 1. The number of nitro groups is 1. The molecule has 1 aliphatic rings. The third-order valence-electron chi connectivity index (χ3n) is 4.71. The smallest absolute Gasteiger partial charge is 0.394 e. The first-order valence-corrected chi connectivity index (χ1v) is 8.26. The highest BCUT2D eigenvalue weighted by molar-refractivity contribution is 6.03. The van der Waals surface area contributed by atoms with Crippen molar-refractivity contribution in [3.05, 3.63) is 81.5 Å². The summed E-state index contributed by atoms with van der Waals surface area (Å²) in [7, 11) is 0. The van der Waals surface area contributed by atoms with Crippen LogP contribution in [0.4, 0.5) is 11.5 Å². The van der Waals surface area contributed by atoms with Gasteiger partial charge in [-0.25, -0.2) is 0 Å². The molecular formula is C19H16N4O3. The van der Waals surface area contributed by atoms with Crippen LogP contribution in [-0.2, 0) is 6.42 Å². The summed E-state index contributed by atoms with van der Waals surface area (Å²) in [4.78, 5) is 23.9. The molecule has 0 saturated heterocycles. The highest BCUT2D eigenvalue weighted by atomic mass is 16.6. The number of aromatic nitrogens is 2. The van der Waals surface area contributed by atoms with E-state index in [1.165, 1.54) is 4.68 Å². The summed E-state index contributed by atoms with van der Waals surface area (Å²) in [6.07, 6.45) is 2.80. The van der Waals surface area contributed by atoms with Crippen LogP contribution in [0.1, 0.15) is 33.8 Å². The van der Waals surface area contributed by atoms with Crippen molar-refractivity contribution in [3.63, 3.8) is 0 Å². The minimum Gasteiger partial charge on any atom is -0.399 e. The van der Waals surface area contributed by atoms with Crippen LogP contribution in [0.15, 0.2) is 54.7 Å². The molecule has 7 heteroatoms. The maximum Gasteiger partial charge on any atom is 0.394 e. The van der Waals surface area contributed by atoms with Crippen LogP contribution in [0, 0.1) is 10.1 Å². The number of fused-ring (bicyclic) bond motifs is 1. The Morgan fingerprint density at radius 2 is 2.00 bits per heavy atom. The molecule has 1 unspecified atom stereocenters. The second-order valence-corrected chi connectivity index (χ2v) is 6.32. The first-order valence-electron chi connectivity index (χ1n) is 8.26. The molecule has 0 spiro atoms. The Labute approximate surface area is 149 Å². The first-order chi connectivity index (χ1) is 12.5. The molecule has 3 aromatic rings. The van der Waals surface area contributed by atoms with Crippen LogP contribution < -0.4 is 5.73 Å². The Morgan fingerprint density at radius 1 is 1.19 bits per heavy atom. The molecule has 0 amide bonds. The lowest BCUT2D eigenvalue weighted by atomic mass is 9.80. The molecule has 0 fully saturated rings. The minimum absolute atomic E-state index is 0.0953. The fraction of sp³-hybridized carbons (Fsp3) is 0.158. The lowest BCUT2D eigenvalue weighted by Gasteiger charge is -2.21. The number of nitrogens with two attached hydrogens (primary N) is 1. The highest BCUT2D eigenvalue weighted by Crippen LogP contribution is 2.36. The van der Waals surface area contributed by atoms with Crippen LogP contribution in [0.5, 0.6) is 0 Å². The number of Topliss-reactive ketones (excluding diaryl/α,β-unsaturated/α-hetero) is 1. The van der Waals surface area contributed by atoms with Gasteiger partial charge < -0.3 is 15.8 Å². The molecule has 130 valence electrons. The van der Waals surface area contributed by atoms with Crippen molar-refractivity contribution in [2.24, 2.45) is 0 Å². The van der Waals surface area contributed by atoms with Gasteiger partial charge in [-0.05, 0) is 41.5 Å². The van der Waals surface area contributed by atoms with Crippen molar-refractivity contribution in [2.75, 3.05) is 5.73 Å². The van der Waals surface area contributed by atoms with Gasteiger partial charge in [-0.3, -0.25) is 4.79 Å². The van der Waals surface area contributed by atoms with Gasteiger partial charge in [0.05, 0.1) is 28.5 Å². The number of hydrogen-bond acceptors (Lipinski definition) is 5. The Morgan fingerprint density at radius 3 is 2.77 bits per heavy atom. The zero-order valence-corrected chi connectivity index (χ0v) is 13.8. The molecule has 26 heavy (non-hydrogen) atoms. The van der Waals surface area contributed by atoms with Crippen molar-refractivity contribution in [2.45, 2.75) is 18.8 Å². The Bertz CT molecular complexity index is 1030. The number of carbonyl (C=O) groups excluding carboxylic acids is 1. The quantitative estimate of drug-likeness (QED) is 0.444. The van der Waals surface area contributed by atoms with Gasteiger partial charge in [-0.1, -0.05) is 30.3 Å². The zero-order valence-electron chi connectivity index (χ0n) is 13.8. The predicted octanol–water partition coefficient (Wildman–Crippen LogP) is 3.28. The standard InChI is InChI=1S/C19H16N4O3/c20-13-5-3-6-14(10-13)22-11-17(19(21-22)23(25)26)16-9-8-12-4-1-2-7-15(12)18(16)24/h1-7,10-11,16H,8-9,20H2. The Balaban J connectivity index is 1.79. The van der Waals surface area contributed by atoms with E-state index in [0.717, 1.165) is 5.56 Å². The maximum absolute atomic E-state index is 12.9. The number of benzene rings is 2. The van der Waals surface area contributed by atoms with Gasteiger partial charge in [-0.2, -0.15) is 0 Å². The number of aryl methyl sites for hydroxylation is 1. The van der Waals surface area contributed by atoms with Gasteiger partial charge in [0.2, 0.25) is 0 Å². The van der Waals surface area contributed by atoms with E-state index in [1.807, 2.05) is 18.2 Å². The molecule has 1 heterocycles. The zero-order chi connectivity index (χ0) is 18.3. The van der Waals surface area contributed by atoms with Crippen molar-refractivity contribution < 1.29 is 9.72 Å². The monoisotopic (exact) mass is 348 g/mol. The summed E-state index contributed by atoms with van der Waals surface area (Å²) in [5.41, 5.74) is 8.90. The average molecular weight is 348 g/mol. The highest BCUT2D eigenvalue weighted by Gasteiger charge is 2.36. The summed E-state index contributed by atoms with van der Waals surface area (Å²) in [6.45, 7) is 0. The summed E-state index contributed by atoms with van der Waals surface area (Å²) < 4.78 is 1.41. The molecule has 2 N–H and O–H groups in total. The van der Waals surface area contributed by atoms with Crippen molar-refractivity contribution in [1.29, 1.82) is 0 Å². The summed E-state index contributed by atoms with van der Waals surface area (Å²) in [5, 5.41) is 15.6. The van der Waals surface area contributed by atoms with E-state index >= 15 is 0 Å². The fourth-order valence-corrected chi connectivity index (χ4v) is 3.46. The fourth-order valence-electron chi connectivity index (χ4n) is 3.46. The minimum atomic E-state index is -0.569. The van der Waals surface area contributed by atoms with E-state index in [1.54, 1.807) is 36.5 Å². The molecule has 1 atom stereocenters. The van der Waals surface area contributed by atoms with E-state index in [9.17, 15) is 14.9 Å². The summed E-state index contributed by atoms with van der Waals surface area (Å²) in [5.74, 6) is -0.952. The topological polar surface area (TPSA) is 104 Å². The van der Waals surface area contributed by atoms with Gasteiger partial charge >= 0.3 is 5.82 Å². The number of anilines is 1. The van der Waals surface area contributed by atoms with Gasteiger partial charge in [-0.15, -0.1) is 4.68 Å². The van der Waals surface area contributed by atoms with Crippen molar-refractivity contribution in [3.8, 4) is 5.69 Å². The van der Waals surface area contributed by atoms with Gasteiger partial charge in [0.15, 0.2) is 5.78 Å². The molecule has 1 aromatic heterocycles. The number of rotatable bonds is 3. The first kappa shape index (κ1) is 16.0. The Hall–Kier alpha value is -3.48. The third kappa shape index (κ3) is 2.63. The van der Waals surface area contributed by atoms with Crippen LogP contribution in [0.3, 0.4) is 0 Å². The second kappa shape index (κ2) is 6.11. The SMILES string of the molecule is Nc1cccc(-n2cc(C3CCc4ccccc4C3=O)c([N+](=O)[O-])n2)c1. The van der Waals surface area contributed by atoms with Gasteiger partial charge in [0, 0.05) is 11.3 Å². The normalized spacial score (nSPS) is 16.3.